The van der Waals surface area contributed by atoms with Crippen LogP contribution in [0.25, 0.3) is 0 Å². The Morgan fingerprint density at radius 2 is 1.86 bits per heavy atom. The minimum Gasteiger partial charge on any atom is -0.497 e. The molecule has 36 heavy (non-hydrogen) atoms. The molecule has 2 heterocycles. The average Bonchev–Trinajstić information content (AvgIpc) is 3.69. The van der Waals surface area contributed by atoms with Gasteiger partial charge in [0.05, 0.1) is 31.6 Å². The maximum absolute atomic E-state index is 11.6. The van der Waals surface area contributed by atoms with Gasteiger partial charge in [-0.3, -0.25) is 9.35 Å². The highest BCUT2D eigenvalue weighted by molar-refractivity contribution is 7.86. The normalized spacial score (nSPS) is 20.9. The molecule has 0 radical (unpaired) electrons. The average molecular weight is 518 g/mol. The molecule has 1 amide bonds. The molecule has 1 aliphatic carbocycles. The molecule has 1 unspecified atom stereocenters. The quantitative estimate of drug-likeness (QED) is 0.515. The second-order valence-electron chi connectivity index (χ2n) is 10.3. The van der Waals surface area contributed by atoms with Crippen LogP contribution in [0.2, 0.25) is 0 Å². The van der Waals surface area contributed by atoms with E-state index in [-0.39, 0.29) is 11.5 Å². The number of primary amides is 1. The summed E-state index contributed by atoms with van der Waals surface area (Å²) < 4.78 is 39.2. The van der Waals surface area contributed by atoms with Crippen molar-refractivity contribution in [1.82, 2.24) is 0 Å². The number of nitrogens with two attached hydrogens (primary N) is 1. The third kappa shape index (κ3) is 6.11. The summed E-state index contributed by atoms with van der Waals surface area (Å²) in [6.45, 7) is 7.75. The minimum absolute atomic E-state index is 0.0576. The first-order chi connectivity index (χ1) is 17.0. The molecule has 1 saturated heterocycles. The largest absolute Gasteiger partial charge is 0.497 e. The number of carbonyl (C=O) groups is 1. The van der Waals surface area contributed by atoms with Crippen LogP contribution in [0.3, 0.4) is 0 Å². The molecule has 9 nitrogen and oxygen atoms in total. The molecule has 196 valence electrons. The Morgan fingerprint density at radius 3 is 2.42 bits per heavy atom. The fourth-order valence-corrected chi connectivity index (χ4v) is 5.50. The number of methoxy groups -OCH3 is 1. The number of nitrogens with one attached hydrogen (secondary N) is 1. The predicted octanol–water partition coefficient (Wildman–Crippen LogP) is 3.40. The lowest BCUT2D eigenvalue weighted by Gasteiger charge is -2.42. The van der Waals surface area contributed by atoms with Gasteiger partial charge in [-0.05, 0) is 66.1 Å². The van der Waals surface area contributed by atoms with Crippen LogP contribution in [-0.4, -0.2) is 57.5 Å². The number of morpholine rings is 1. The Bertz CT molecular complexity index is 1220. The number of nitrogens with zero attached hydrogens (tertiary/aromatic N) is 1. The first-order valence-corrected chi connectivity index (χ1v) is 13.7. The van der Waals surface area contributed by atoms with E-state index < -0.39 is 21.3 Å². The third-order valence-electron chi connectivity index (χ3n) is 6.92. The topological polar surface area (TPSA) is 131 Å². The highest BCUT2D eigenvalue weighted by Crippen LogP contribution is 2.46. The van der Waals surface area contributed by atoms with Crippen molar-refractivity contribution in [3.05, 3.63) is 53.1 Å². The number of benzene rings is 2. The number of hydrogen-bond acceptors (Lipinski definition) is 7. The molecule has 2 aromatic rings. The van der Waals surface area contributed by atoms with Gasteiger partial charge < -0.3 is 25.4 Å². The molecular formula is C26H35N3O6S. The minimum atomic E-state index is -3.63. The van der Waals surface area contributed by atoms with Crippen LogP contribution in [0.15, 0.2) is 36.4 Å². The standard InChI is InChI=1S/C23H29N3O3.C3H6O3S/c1-23(2)14-17-10-15(22(24)27)4-5-20(17)25-21(23)16-11-18(13-19(12-16)28-3)26-6-8-29-9-7-26;4-7(5,6)3-1-2-3/h4-5,10-13,21,25H,6-9,14H2,1-3H3,(H2,24,27);3H,1-2H2,(H,4,5,6). The lowest BCUT2D eigenvalue weighted by atomic mass is 9.72. The van der Waals surface area contributed by atoms with E-state index in [2.05, 4.69) is 42.3 Å². The third-order valence-corrected chi connectivity index (χ3v) is 8.24. The fourth-order valence-electron chi connectivity index (χ4n) is 4.77. The van der Waals surface area contributed by atoms with Crippen molar-refractivity contribution in [2.75, 3.05) is 43.6 Å². The Hall–Kier alpha value is -2.82. The van der Waals surface area contributed by atoms with Crippen molar-refractivity contribution >= 4 is 27.4 Å². The highest BCUT2D eigenvalue weighted by Gasteiger charge is 2.37. The van der Waals surface area contributed by atoms with Crippen LogP contribution in [0, 0.1) is 5.41 Å². The molecule has 0 aromatic heterocycles. The molecule has 1 saturated carbocycles. The molecule has 4 N–H and O–H groups in total. The molecule has 3 aliphatic rings. The summed E-state index contributed by atoms with van der Waals surface area (Å²) in [7, 11) is -1.92. The zero-order chi connectivity index (χ0) is 26.1. The van der Waals surface area contributed by atoms with Crippen LogP contribution in [0.5, 0.6) is 5.75 Å². The summed E-state index contributed by atoms with van der Waals surface area (Å²) in [5, 5.41) is 3.28. The molecule has 2 fully saturated rings. The first-order valence-electron chi connectivity index (χ1n) is 12.1. The van der Waals surface area contributed by atoms with Gasteiger partial charge in [0.1, 0.15) is 5.75 Å². The Balaban J connectivity index is 0.000000375. The number of anilines is 2. The van der Waals surface area contributed by atoms with Gasteiger partial charge in [0.15, 0.2) is 0 Å². The first kappa shape index (κ1) is 26.2. The van der Waals surface area contributed by atoms with E-state index in [1.165, 1.54) is 5.56 Å². The zero-order valence-electron chi connectivity index (χ0n) is 21.0. The second-order valence-corrected chi connectivity index (χ2v) is 12.0. The van der Waals surface area contributed by atoms with Crippen LogP contribution < -0.4 is 20.7 Å². The van der Waals surface area contributed by atoms with Crippen molar-refractivity contribution in [2.45, 2.75) is 44.4 Å². The molecule has 2 aliphatic heterocycles. The van der Waals surface area contributed by atoms with Crippen molar-refractivity contribution in [3.63, 3.8) is 0 Å². The van der Waals surface area contributed by atoms with Crippen molar-refractivity contribution < 1.29 is 27.2 Å². The summed E-state index contributed by atoms with van der Waals surface area (Å²) in [5.41, 5.74) is 10.5. The predicted molar refractivity (Wildman–Crippen MR) is 139 cm³/mol. The Morgan fingerprint density at radius 1 is 1.17 bits per heavy atom. The second kappa shape index (κ2) is 10.3. The van der Waals surface area contributed by atoms with E-state index in [9.17, 15) is 13.2 Å². The zero-order valence-corrected chi connectivity index (χ0v) is 21.8. The van der Waals surface area contributed by atoms with Crippen LogP contribution in [-0.2, 0) is 21.3 Å². The van der Waals surface area contributed by atoms with Gasteiger partial charge >= 0.3 is 0 Å². The van der Waals surface area contributed by atoms with Crippen molar-refractivity contribution in [2.24, 2.45) is 11.1 Å². The van der Waals surface area contributed by atoms with Gasteiger partial charge in [-0.25, -0.2) is 0 Å². The molecular weight excluding hydrogens is 482 g/mol. The number of hydrogen-bond donors (Lipinski definition) is 3. The smallest absolute Gasteiger partial charge is 0.267 e. The van der Waals surface area contributed by atoms with E-state index in [1.54, 1.807) is 13.2 Å². The Kier molecular flexibility index (Phi) is 7.49. The number of amides is 1. The summed E-state index contributed by atoms with van der Waals surface area (Å²) >= 11 is 0. The summed E-state index contributed by atoms with van der Waals surface area (Å²) in [6.07, 6.45) is 2.13. The van der Waals surface area contributed by atoms with Crippen LogP contribution >= 0.6 is 0 Å². The van der Waals surface area contributed by atoms with Gasteiger partial charge in [-0.1, -0.05) is 13.8 Å². The van der Waals surface area contributed by atoms with Gasteiger partial charge in [0.2, 0.25) is 5.91 Å². The fraction of sp³-hybridized carbons (Fsp3) is 0.500. The lowest BCUT2D eigenvalue weighted by molar-refractivity contribution is 0.1000. The number of fused-ring (bicyclic) bond motifs is 1. The number of rotatable bonds is 5. The summed E-state index contributed by atoms with van der Waals surface area (Å²) in [4.78, 5) is 13.9. The maximum atomic E-state index is 11.6. The van der Waals surface area contributed by atoms with E-state index in [4.69, 9.17) is 19.8 Å². The highest BCUT2D eigenvalue weighted by atomic mass is 32.2. The monoisotopic (exact) mass is 517 g/mol. The lowest BCUT2D eigenvalue weighted by Crippen LogP contribution is -2.37. The van der Waals surface area contributed by atoms with E-state index in [1.807, 2.05) is 12.1 Å². The van der Waals surface area contributed by atoms with Gasteiger partial charge in [0, 0.05) is 36.1 Å². The number of ether oxygens (including phenoxy) is 2. The van der Waals surface area contributed by atoms with E-state index in [0.29, 0.717) is 18.4 Å². The molecule has 0 bridgehead atoms. The van der Waals surface area contributed by atoms with Gasteiger partial charge in [-0.15, -0.1) is 0 Å². The van der Waals surface area contributed by atoms with Crippen LogP contribution in [0.4, 0.5) is 11.4 Å². The molecule has 5 rings (SSSR count). The van der Waals surface area contributed by atoms with Crippen LogP contribution in [0.1, 0.15) is 54.2 Å². The van der Waals surface area contributed by atoms with Crippen molar-refractivity contribution in [1.29, 1.82) is 0 Å². The summed E-state index contributed by atoms with van der Waals surface area (Å²) in [6, 6.07) is 12.2. The van der Waals surface area contributed by atoms with Gasteiger partial charge in [-0.2, -0.15) is 8.42 Å². The van der Waals surface area contributed by atoms with E-state index in [0.717, 1.165) is 55.4 Å². The Labute approximate surface area is 212 Å². The molecule has 0 spiro atoms. The van der Waals surface area contributed by atoms with Crippen molar-refractivity contribution in [3.8, 4) is 5.75 Å². The van der Waals surface area contributed by atoms with E-state index >= 15 is 0 Å². The number of carbonyl (C=O) groups excluding carboxylic acids is 1. The summed E-state index contributed by atoms with van der Waals surface area (Å²) in [5.74, 6) is 0.465. The SMILES string of the molecule is COc1cc(C2Nc3ccc(C(N)=O)cc3CC2(C)C)cc(N2CCOCC2)c1.O=S(=O)(O)C1CC1. The molecule has 2 aromatic carbocycles. The molecule has 1 atom stereocenters. The molecule has 10 heteroatoms. The van der Waals surface area contributed by atoms with Gasteiger partial charge in [0.25, 0.3) is 10.1 Å². The maximum Gasteiger partial charge on any atom is 0.267 e.